The van der Waals surface area contributed by atoms with Gasteiger partial charge in [0.15, 0.2) is 0 Å². The van der Waals surface area contributed by atoms with Gasteiger partial charge in [-0.1, -0.05) is 56.0 Å². The van der Waals surface area contributed by atoms with Crippen molar-refractivity contribution >= 4 is 11.8 Å². The number of hydrogen-bond acceptors (Lipinski definition) is 3. The summed E-state index contributed by atoms with van der Waals surface area (Å²) in [6, 6.07) is 11.1. The van der Waals surface area contributed by atoms with Gasteiger partial charge < -0.3 is 10.2 Å². The largest absolute Gasteiger partial charge is 0.354 e. The fourth-order valence-electron chi connectivity index (χ4n) is 5.36. The van der Waals surface area contributed by atoms with Crippen LogP contribution >= 0.6 is 0 Å². The number of benzene rings is 1. The van der Waals surface area contributed by atoms with Crippen LogP contribution in [0.15, 0.2) is 30.3 Å². The minimum absolute atomic E-state index is 0.0506. The van der Waals surface area contributed by atoms with E-state index in [2.05, 4.69) is 34.5 Å². The van der Waals surface area contributed by atoms with E-state index in [-0.39, 0.29) is 23.8 Å². The number of nitrogens with zero attached hydrogens (tertiary/aromatic N) is 2. The fourth-order valence-corrected chi connectivity index (χ4v) is 5.36. The van der Waals surface area contributed by atoms with Crippen molar-refractivity contribution in [3.63, 3.8) is 0 Å². The van der Waals surface area contributed by atoms with Crippen molar-refractivity contribution in [1.82, 2.24) is 15.1 Å². The number of hydrogen-bond donors (Lipinski definition) is 1. The van der Waals surface area contributed by atoms with Gasteiger partial charge >= 0.3 is 0 Å². The van der Waals surface area contributed by atoms with E-state index in [1.165, 1.54) is 44.1 Å². The van der Waals surface area contributed by atoms with Gasteiger partial charge in [-0.3, -0.25) is 14.5 Å². The first-order valence-corrected chi connectivity index (χ1v) is 11.6. The van der Waals surface area contributed by atoms with Gasteiger partial charge in [0.2, 0.25) is 11.8 Å². The van der Waals surface area contributed by atoms with E-state index in [0.717, 1.165) is 25.9 Å². The molecule has 29 heavy (non-hydrogen) atoms. The summed E-state index contributed by atoms with van der Waals surface area (Å²) in [7, 11) is 0. The highest BCUT2D eigenvalue weighted by molar-refractivity contribution is 5.89. The zero-order chi connectivity index (χ0) is 20.1. The molecule has 0 spiro atoms. The predicted molar refractivity (Wildman–Crippen MR) is 114 cm³/mol. The van der Waals surface area contributed by atoms with Gasteiger partial charge in [0, 0.05) is 25.6 Å². The summed E-state index contributed by atoms with van der Waals surface area (Å²) < 4.78 is 0. The molecule has 2 saturated heterocycles. The van der Waals surface area contributed by atoms with Crippen molar-refractivity contribution in [2.75, 3.05) is 26.2 Å². The van der Waals surface area contributed by atoms with Crippen LogP contribution in [0.4, 0.5) is 0 Å². The second-order valence-electron chi connectivity index (χ2n) is 9.01. The van der Waals surface area contributed by atoms with Gasteiger partial charge in [-0.15, -0.1) is 0 Å². The summed E-state index contributed by atoms with van der Waals surface area (Å²) in [5.74, 6) is 0.0319. The number of piperidine rings is 1. The molecule has 1 aliphatic carbocycles. The molecule has 2 heterocycles. The van der Waals surface area contributed by atoms with Crippen LogP contribution in [0.5, 0.6) is 0 Å². The van der Waals surface area contributed by atoms with E-state index >= 15 is 0 Å². The van der Waals surface area contributed by atoms with Crippen LogP contribution in [0.25, 0.3) is 0 Å². The molecule has 3 fully saturated rings. The Balaban J connectivity index is 1.36. The summed E-state index contributed by atoms with van der Waals surface area (Å²) in [5.41, 5.74) is 1.26. The molecule has 0 radical (unpaired) electrons. The van der Waals surface area contributed by atoms with Crippen molar-refractivity contribution in [2.45, 2.75) is 69.9 Å². The Morgan fingerprint density at radius 2 is 1.69 bits per heavy atom. The third-order valence-electron chi connectivity index (χ3n) is 7.03. The number of nitrogens with one attached hydrogen (secondary N) is 1. The van der Waals surface area contributed by atoms with E-state index in [1.807, 2.05) is 11.0 Å². The van der Waals surface area contributed by atoms with Crippen LogP contribution < -0.4 is 5.32 Å². The first kappa shape index (κ1) is 20.4. The first-order chi connectivity index (χ1) is 14.2. The molecular weight excluding hydrogens is 362 g/mol. The summed E-state index contributed by atoms with van der Waals surface area (Å²) in [6.45, 7) is 3.41. The van der Waals surface area contributed by atoms with Gasteiger partial charge in [-0.2, -0.15) is 0 Å². The summed E-state index contributed by atoms with van der Waals surface area (Å²) in [4.78, 5) is 30.0. The normalized spacial score (nSPS) is 25.2. The standard InChI is InChI=1S/C24H35N3O2/c28-23-16-20(18-27(23)21-12-6-2-7-13-21)24(29)25-17-22(19-10-4-1-5-11-19)26-14-8-3-9-15-26/h1,4-5,10-11,20-22H,2-3,6-9,12-18H2,(H,25,29). The Labute approximate surface area is 174 Å². The van der Waals surface area contributed by atoms with Crippen LogP contribution in [0, 0.1) is 5.92 Å². The highest BCUT2D eigenvalue weighted by Gasteiger charge is 2.38. The second-order valence-corrected chi connectivity index (χ2v) is 9.01. The highest BCUT2D eigenvalue weighted by atomic mass is 16.2. The van der Waals surface area contributed by atoms with E-state index in [4.69, 9.17) is 0 Å². The van der Waals surface area contributed by atoms with E-state index in [1.54, 1.807) is 0 Å². The number of amides is 2. The van der Waals surface area contributed by atoms with E-state index in [0.29, 0.717) is 25.6 Å². The maximum atomic E-state index is 12.9. The average Bonchev–Trinajstić information content (AvgIpc) is 3.18. The second kappa shape index (κ2) is 9.75. The molecule has 5 heteroatoms. The molecule has 2 unspecified atom stereocenters. The number of carbonyl (C=O) groups excluding carboxylic acids is 2. The monoisotopic (exact) mass is 397 g/mol. The van der Waals surface area contributed by atoms with Gasteiger partial charge in [0.05, 0.1) is 12.0 Å². The quantitative estimate of drug-likeness (QED) is 0.799. The Bertz CT molecular complexity index is 681. The van der Waals surface area contributed by atoms with Gasteiger partial charge in [-0.25, -0.2) is 0 Å². The summed E-state index contributed by atoms with van der Waals surface area (Å²) >= 11 is 0. The Morgan fingerprint density at radius 1 is 1.00 bits per heavy atom. The first-order valence-electron chi connectivity index (χ1n) is 11.6. The Morgan fingerprint density at radius 3 is 2.41 bits per heavy atom. The van der Waals surface area contributed by atoms with Gasteiger partial charge in [0.25, 0.3) is 0 Å². The Kier molecular flexibility index (Phi) is 6.86. The molecule has 1 aromatic rings. The van der Waals surface area contributed by atoms with Crippen molar-refractivity contribution in [2.24, 2.45) is 5.92 Å². The van der Waals surface area contributed by atoms with Crippen LogP contribution in [0.3, 0.4) is 0 Å². The van der Waals surface area contributed by atoms with Crippen molar-refractivity contribution in [3.8, 4) is 0 Å². The lowest BCUT2D eigenvalue weighted by Crippen LogP contribution is -2.43. The zero-order valence-electron chi connectivity index (χ0n) is 17.5. The molecule has 0 bridgehead atoms. The molecule has 4 rings (SSSR count). The molecule has 5 nitrogen and oxygen atoms in total. The van der Waals surface area contributed by atoms with Crippen LogP contribution in [-0.4, -0.2) is 53.8 Å². The maximum absolute atomic E-state index is 12.9. The SMILES string of the molecule is O=C(NCC(c1ccccc1)N1CCCCC1)C1CC(=O)N(C2CCCCC2)C1. The predicted octanol–water partition coefficient (Wildman–Crippen LogP) is 3.51. The average molecular weight is 398 g/mol. The molecule has 1 N–H and O–H groups in total. The van der Waals surface area contributed by atoms with Crippen molar-refractivity contribution < 1.29 is 9.59 Å². The van der Waals surface area contributed by atoms with Gasteiger partial charge in [-0.05, 0) is 44.3 Å². The Hall–Kier alpha value is -1.88. The minimum atomic E-state index is -0.192. The molecule has 0 aromatic heterocycles. The third-order valence-corrected chi connectivity index (χ3v) is 7.03. The van der Waals surface area contributed by atoms with Crippen LogP contribution in [-0.2, 0) is 9.59 Å². The van der Waals surface area contributed by atoms with Crippen molar-refractivity contribution in [1.29, 1.82) is 0 Å². The molecule has 1 aromatic carbocycles. The number of carbonyl (C=O) groups is 2. The van der Waals surface area contributed by atoms with Crippen LogP contribution in [0.2, 0.25) is 0 Å². The lowest BCUT2D eigenvalue weighted by Gasteiger charge is -2.35. The molecule has 2 amide bonds. The third kappa shape index (κ3) is 5.00. The number of rotatable bonds is 6. The lowest BCUT2D eigenvalue weighted by molar-refractivity contribution is -0.130. The zero-order valence-corrected chi connectivity index (χ0v) is 17.5. The highest BCUT2D eigenvalue weighted by Crippen LogP contribution is 2.29. The van der Waals surface area contributed by atoms with E-state index in [9.17, 15) is 9.59 Å². The number of likely N-dealkylation sites (tertiary alicyclic amines) is 2. The van der Waals surface area contributed by atoms with Gasteiger partial charge in [0.1, 0.15) is 0 Å². The smallest absolute Gasteiger partial charge is 0.225 e. The summed E-state index contributed by atoms with van der Waals surface area (Å²) in [6.07, 6.45) is 10.0. The molecule has 3 aliphatic rings. The molecule has 158 valence electrons. The van der Waals surface area contributed by atoms with E-state index < -0.39 is 0 Å². The maximum Gasteiger partial charge on any atom is 0.225 e. The lowest BCUT2D eigenvalue weighted by atomic mass is 9.94. The van der Waals surface area contributed by atoms with Crippen molar-refractivity contribution in [3.05, 3.63) is 35.9 Å². The fraction of sp³-hybridized carbons (Fsp3) is 0.667. The molecule has 2 aliphatic heterocycles. The molecule has 1 saturated carbocycles. The molecule has 2 atom stereocenters. The van der Waals surface area contributed by atoms with Crippen LogP contribution in [0.1, 0.15) is 69.4 Å². The summed E-state index contributed by atoms with van der Waals surface area (Å²) in [5, 5.41) is 3.21. The topological polar surface area (TPSA) is 52.7 Å². The molecular formula is C24H35N3O2. The minimum Gasteiger partial charge on any atom is -0.354 e.